The molecule has 0 radical (unpaired) electrons. The van der Waals surface area contributed by atoms with Crippen LogP contribution in [0.3, 0.4) is 0 Å². The Labute approximate surface area is 83.3 Å². The Kier molecular flexibility index (Phi) is 3.10. The van der Waals surface area contributed by atoms with E-state index in [1.807, 2.05) is 0 Å². The number of hydrogen-bond donors (Lipinski definition) is 1. The first-order valence-electron chi connectivity index (χ1n) is 5.08. The van der Waals surface area contributed by atoms with Gasteiger partial charge in [-0.15, -0.1) is 0 Å². The summed E-state index contributed by atoms with van der Waals surface area (Å²) in [6, 6.07) is 0.399. The van der Waals surface area contributed by atoms with Crippen molar-refractivity contribution in [3.05, 3.63) is 12.2 Å². The van der Waals surface area contributed by atoms with Gasteiger partial charge in [0.2, 0.25) is 6.39 Å². The van der Waals surface area contributed by atoms with E-state index in [0.717, 1.165) is 44.7 Å². The molecule has 78 valence electrons. The topological polar surface area (TPSA) is 68.2 Å². The van der Waals surface area contributed by atoms with Gasteiger partial charge in [-0.1, -0.05) is 5.16 Å². The van der Waals surface area contributed by atoms with Gasteiger partial charge in [0.15, 0.2) is 5.82 Å². The fourth-order valence-electron chi connectivity index (χ4n) is 1.74. The third-order valence-electron chi connectivity index (χ3n) is 2.69. The predicted octanol–water partition coefficient (Wildman–Crippen LogP) is 0.0352. The van der Waals surface area contributed by atoms with E-state index in [1.54, 1.807) is 0 Å². The lowest BCUT2D eigenvalue weighted by Crippen LogP contribution is -2.40. The molecule has 5 heteroatoms. The summed E-state index contributed by atoms with van der Waals surface area (Å²) < 4.78 is 4.67. The Bertz CT molecular complexity index is 254. The van der Waals surface area contributed by atoms with E-state index in [-0.39, 0.29) is 0 Å². The fraction of sp³-hybridized carbons (Fsp3) is 0.778. The number of hydrogen-bond acceptors (Lipinski definition) is 5. The van der Waals surface area contributed by atoms with Crippen molar-refractivity contribution in [3.8, 4) is 0 Å². The van der Waals surface area contributed by atoms with Crippen LogP contribution in [0, 0.1) is 0 Å². The summed E-state index contributed by atoms with van der Waals surface area (Å²) in [5.74, 6) is 0.792. The summed E-state index contributed by atoms with van der Waals surface area (Å²) in [6.07, 6.45) is 4.45. The number of nitrogens with two attached hydrogens (primary N) is 1. The molecule has 1 aliphatic heterocycles. The van der Waals surface area contributed by atoms with Gasteiger partial charge >= 0.3 is 0 Å². The van der Waals surface area contributed by atoms with Gasteiger partial charge in [-0.05, 0) is 25.9 Å². The quantitative estimate of drug-likeness (QED) is 0.739. The van der Waals surface area contributed by atoms with Crippen LogP contribution in [-0.2, 0) is 6.42 Å². The lowest BCUT2D eigenvalue weighted by Gasteiger charge is -2.29. The zero-order valence-electron chi connectivity index (χ0n) is 8.22. The van der Waals surface area contributed by atoms with E-state index in [1.165, 1.54) is 6.39 Å². The van der Waals surface area contributed by atoms with E-state index in [0.29, 0.717) is 6.04 Å². The average molecular weight is 196 g/mol. The van der Waals surface area contributed by atoms with Gasteiger partial charge in [0.25, 0.3) is 0 Å². The minimum atomic E-state index is 0.399. The highest BCUT2D eigenvalue weighted by atomic mass is 16.5. The van der Waals surface area contributed by atoms with Crippen molar-refractivity contribution < 1.29 is 4.52 Å². The molecule has 1 fully saturated rings. The first kappa shape index (κ1) is 9.61. The van der Waals surface area contributed by atoms with Crippen molar-refractivity contribution >= 4 is 0 Å². The lowest BCUT2D eigenvalue weighted by molar-refractivity contribution is 0.214. The zero-order valence-corrected chi connectivity index (χ0v) is 8.22. The van der Waals surface area contributed by atoms with Gasteiger partial charge in [-0.2, -0.15) is 4.98 Å². The lowest BCUT2D eigenvalue weighted by atomic mass is 10.1. The molecule has 2 N–H and O–H groups in total. The van der Waals surface area contributed by atoms with E-state index in [2.05, 4.69) is 19.6 Å². The molecule has 2 heterocycles. The second-order valence-corrected chi connectivity index (χ2v) is 3.78. The second-order valence-electron chi connectivity index (χ2n) is 3.78. The monoisotopic (exact) mass is 196 g/mol. The highest BCUT2D eigenvalue weighted by Crippen LogP contribution is 2.08. The first-order valence-corrected chi connectivity index (χ1v) is 5.08. The third kappa shape index (κ3) is 2.52. The predicted molar refractivity (Wildman–Crippen MR) is 51.7 cm³/mol. The molecule has 0 unspecified atom stereocenters. The molecule has 0 atom stereocenters. The molecular formula is C9H16N4O. The normalized spacial score (nSPS) is 20.1. The standard InChI is InChI=1S/C9H16N4O/c10-8-1-4-13(5-2-8)6-3-9-11-7-14-12-9/h7-8H,1-6,10H2. The molecular weight excluding hydrogens is 180 g/mol. The molecule has 0 aliphatic carbocycles. The van der Waals surface area contributed by atoms with Crippen LogP contribution in [-0.4, -0.2) is 40.7 Å². The Morgan fingerprint density at radius 2 is 2.29 bits per heavy atom. The number of likely N-dealkylation sites (tertiary alicyclic amines) is 1. The molecule has 1 aromatic heterocycles. The van der Waals surface area contributed by atoms with Crippen molar-refractivity contribution in [3.63, 3.8) is 0 Å². The van der Waals surface area contributed by atoms with E-state index in [4.69, 9.17) is 5.73 Å². The third-order valence-corrected chi connectivity index (χ3v) is 2.69. The SMILES string of the molecule is NC1CCN(CCc2ncon2)CC1. The fourth-order valence-corrected chi connectivity index (χ4v) is 1.74. The van der Waals surface area contributed by atoms with Crippen molar-refractivity contribution in [1.29, 1.82) is 0 Å². The Hall–Kier alpha value is -0.940. The molecule has 0 aromatic carbocycles. The number of rotatable bonds is 3. The van der Waals surface area contributed by atoms with Gasteiger partial charge in [0.05, 0.1) is 0 Å². The summed E-state index contributed by atoms with van der Waals surface area (Å²) in [7, 11) is 0. The Morgan fingerprint density at radius 1 is 1.50 bits per heavy atom. The molecule has 14 heavy (non-hydrogen) atoms. The maximum Gasteiger partial charge on any atom is 0.213 e. The van der Waals surface area contributed by atoms with E-state index >= 15 is 0 Å². The van der Waals surface area contributed by atoms with Crippen molar-refractivity contribution in [2.24, 2.45) is 5.73 Å². The molecule has 2 rings (SSSR count). The zero-order chi connectivity index (χ0) is 9.80. The summed E-state index contributed by atoms with van der Waals surface area (Å²) >= 11 is 0. The van der Waals surface area contributed by atoms with Crippen LogP contribution >= 0.6 is 0 Å². The maximum atomic E-state index is 5.82. The molecule has 0 saturated carbocycles. The Morgan fingerprint density at radius 3 is 2.93 bits per heavy atom. The van der Waals surface area contributed by atoms with Crippen molar-refractivity contribution in [2.45, 2.75) is 25.3 Å². The van der Waals surface area contributed by atoms with Crippen LogP contribution in [0.1, 0.15) is 18.7 Å². The molecule has 0 amide bonds. The minimum Gasteiger partial charge on any atom is -0.343 e. The summed E-state index contributed by atoms with van der Waals surface area (Å²) in [5, 5.41) is 3.78. The maximum absolute atomic E-state index is 5.82. The van der Waals surface area contributed by atoms with E-state index in [9.17, 15) is 0 Å². The van der Waals surface area contributed by atoms with Gasteiger partial charge in [0, 0.05) is 19.0 Å². The Balaban J connectivity index is 1.71. The molecule has 1 saturated heterocycles. The smallest absolute Gasteiger partial charge is 0.213 e. The minimum absolute atomic E-state index is 0.399. The van der Waals surface area contributed by atoms with Gasteiger partial charge < -0.3 is 15.2 Å². The molecule has 0 spiro atoms. The highest BCUT2D eigenvalue weighted by molar-refractivity contribution is 4.81. The number of aromatic nitrogens is 2. The summed E-state index contributed by atoms with van der Waals surface area (Å²) in [4.78, 5) is 6.39. The van der Waals surface area contributed by atoms with Gasteiger partial charge in [-0.3, -0.25) is 0 Å². The first-order chi connectivity index (χ1) is 6.84. The van der Waals surface area contributed by atoms with Crippen LogP contribution in [0.2, 0.25) is 0 Å². The van der Waals surface area contributed by atoms with Crippen molar-refractivity contribution in [2.75, 3.05) is 19.6 Å². The number of nitrogens with zero attached hydrogens (tertiary/aromatic N) is 3. The second kappa shape index (κ2) is 4.52. The summed E-state index contributed by atoms with van der Waals surface area (Å²) in [6.45, 7) is 3.20. The van der Waals surface area contributed by atoms with Crippen LogP contribution in [0.25, 0.3) is 0 Å². The van der Waals surface area contributed by atoms with Crippen LogP contribution in [0.15, 0.2) is 10.9 Å². The van der Waals surface area contributed by atoms with Crippen LogP contribution in [0.5, 0.6) is 0 Å². The van der Waals surface area contributed by atoms with Crippen LogP contribution < -0.4 is 5.73 Å². The number of piperidine rings is 1. The average Bonchev–Trinajstić information content (AvgIpc) is 2.70. The highest BCUT2D eigenvalue weighted by Gasteiger charge is 2.15. The van der Waals surface area contributed by atoms with Gasteiger partial charge in [0.1, 0.15) is 0 Å². The van der Waals surface area contributed by atoms with Crippen LogP contribution in [0.4, 0.5) is 0 Å². The molecule has 0 bridgehead atoms. The van der Waals surface area contributed by atoms with Gasteiger partial charge in [-0.25, -0.2) is 0 Å². The van der Waals surface area contributed by atoms with Crippen molar-refractivity contribution in [1.82, 2.24) is 15.0 Å². The molecule has 1 aromatic rings. The molecule has 1 aliphatic rings. The largest absolute Gasteiger partial charge is 0.343 e. The van der Waals surface area contributed by atoms with E-state index < -0.39 is 0 Å². The summed E-state index contributed by atoms with van der Waals surface area (Å²) in [5.41, 5.74) is 5.82. The molecule has 5 nitrogen and oxygen atoms in total.